The lowest BCUT2D eigenvalue weighted by molar-refractivity contribution is 1.08. The lowest BCUT2D eigenvalue weighted by Gasteiger charge is -2.15. The fourth-order valence-electron chi connectivity index (χ4n) is 8.12. The molecule has 0 N–H and O–H groups in total. The van der Waals surface area contributed by atoms with E-state index in [-0.39, 0.29) is 0 Å². The second-order valence-corrected chi connectivity index (χ2v) is 13.9. The predicted molar refractivity (Wildman–Crippen MR) is 224 cm³/mol. The molecule has 0 saturated carbocycles. The molecule has 0 aliphatic heterocycles. The van der Waals surface area contributed by atoms with Gasteiger partial charge in [0.25, 0.3) is 0 Å². The third-order valence-electron chi connectivity index (χ3n) is 10.8. The van der Waals surface area contributed by atoms with Crippen LogP contribution in [0.1, 0.15) is 0 Å². The Bertz CT molecular complexity index is 3170. The van der Waals surface area contributed by atoms with E-state index in [9.17, 15) is 0 Å². The molecule has 0 atom stereocenters. The van der Waals surface area contributed by atoms with Crippen molar-refractivity contribution in [3.8, 4) is 56.4 Å². The number of hydrogen-bond acceptors (Lipinski definition) is 4. The predicted octanol–water partition coefficient (Wildman–Crippen LogP) is 12.8. The van der Waals surface area contributed by atoms with Crippen LogP contribution in [0.3, 0.4) is 0 Å². The molecule has 0 amide bonds. The summed E-state index contributed by atoms with van der Waals surface area (Å²) in [6.07, 6.45) is 3.67. The van der Waals surface area contributed by atoms with Crippen molar-refractivity contribution in [1.29, 1.82) is 0 Å². The van der Waals surface area contributed by atoms with Crippen molar-refractivity contribution in [3.05, 3.63) is 182 Å². The highest BCUT2D eigenvalue weighted by atomic mass is 15.0. The van der Waals surface area contributed by atoms with Gasteiger partial charge in [-0.05, 0) is 94.3 Å². The lowest BCUT2D eigenvalue weighted by atomic mass is 9.92. The topological polar surface area (TPSA) is 51.6 Å². The molecule has 54 heavy (non-hydrogen) atoms. The average molecular weight is 687 g/mol. The highest BCUT2D eigenvalue weighted by Gasteiger charge is 2.18. The number of hydrogen-bond donors (Lipinski definition) is 0. The minimum Gasteiger partial charge on any atom is -0.264 e. The van der Waals surface area contributed by atoms with E-state index < -0.39 is 0 Å². The van der Waals surface area contributed by atoms with Gasteiger partial charge in [0.1, 0.15) is 0 Å². The van der Waals surface area contributed by atoms with Crippen LogP contribution >= 0.6 is 0 Å². The molecule has 250 valence electrons. The fraction of sp³-hybridized carbons (Fsp3) is 0. The summed E-state index contributed by atoms with van der Waals surface area (Å²) in [5.74, 6) is 1.91. The van der Waals surface area contributed by atoms with E-state index in [2.05, 4.69) is 169 Å². The van der Waals surface area contributed by atoms with Crippen LogP contribution in [0.4, 0.5) is 0 Å². The zero-order chi connectivity index (χ0) is 35.6. The maximum atomic E-state index is 5.21. The molecule has 0 bridgehead atoms. The van der Waals surface area contributed by atoms with Crippen LogP contribution in [-0.2, 0) is 0 Å². The summed E-state index contributed by atoms with van der Waals surface area (Å²) in [6, 6.07) is 60.3. The van der Waals surface area contributed by atoms with Crippen molar-refractivity contribution < 1.29 is 0 Å². The SMILES string of the molecule is c1cncc(-c2ccc(-c3nc(-c4ccc(-c5cc6ccccc6c6ccccc56)cc4)nc(-c4ccc5ccc6cccc7ccc4c5c67)n3)cc2)c1. The minimum atomic E-state index is 0.628. The summed E-state index contributed by atoms with van der Waals surface area (Å²) < 4.78 is 0. The third-order valence-corrected chi connectivity index (χ3v) is 10.8. The van der Waals surface area contributed by atoms with E-state index in [0.29, 0.717) is 17.5 Å². The zero-order valence-electron chi connectivity index (χ0n) is 29.1. The van der Waals surface area contributed by atoms with Crippen LogP contribution in [0.5, 0.6) is 0 Å². The molecular formula is C50H30N4. The molecule has 4 nitrogen and oxygen atoms in total. The van der Waals surface area contributed by atoms with Gasteiger partial charge in [0.2, 0.25) is 0 Å². The standard InChI is InChI=1S/C50H30N4/c1-2-11-40-38(7-1)29-45(42-13-4-3-12-41(40)42)32-16-22-37(23-17-32)49-52-48(36-20-14-31(15-21-36)39-10-6-28-51-30-39)53-50(54-49)44-27-25-35-19-18-33-8-5-9-34-24-26-43(44)47(35)46(33)34/h1-30H. The van der Waals surface area contributed by atoms with Gasteiger partial charge in [0, 0.05) is 29.1 Å². The quantitative estimate of drug-likeness (QED) is 0.169. The van der Waals surface area contributed by atoms with Gasteiger partial charge in [-0.25, -0.2) is 15.0 Å². The molecule has 0 spiro atoms. The van der Waals surface area contributed by atoms with E-state index in [1.807, 2.05) is 12.3 Å². The monoisotopic (exact) mass is 686 g/mol. The van der Waals surface area contributed by atoms with E-state index >= 15 is 0 Å². The Morgan fingerprint density at radius 1 is 0.296 bits per heavy atom. The summed E-state index contributed by atoms with van der Waals surface area (Å²) in [4.78, 5) is 19.8. The van der Waals surface area contributed by atoms with Crippen LogP contribution < -0.4 is 0 Å². The molecule has 0 unspecified atom stereocenters. The molecule has 0 saturated heterocycles. The second kappa shape index (κ2) is 12.1. The third kappa shape index (κ3) is 4.92. The summed E-state index contributed by atoms with van der Waals surface area (Å²) >= 11 is 0. The van der Waals surface area contributed by atoms with Crippen molar-refractivity contribution in [2.24, 2.45) is 0 Å². The van der Waals surface area contributed by atoms with Crippen LogP contribution in [-0.4, -0.2) is 19.9 Å². The maximum Gasteiger partial charge on any atom is 0.164 e. The Hall–Kier alpha value is -7.30. The molecule has 2 aromatic heterocycles. The van der Waals surface area contributed by atoms with Gasteiger partial charge in [0.05, 0.1) is 0 Å². The molecular weight excluding hydrogens is 657 g/mol. The summed E-state index contributed by atoms with van der Waals surface area (Å²) in [5, 5.41) is 12.3. The Labute approximate surface area is 311 Å². The van der Waals surface area contributed by atoms with Crippen molar-refractivity contribution in [3.63, 3.8) is 0 Å². The van der Waals surface area contributed by atoms with Gasteiger partial charge < -0.3 is 0 Å². The molecule has 11 rings (SSSR count). The van der Waals surface area contributed by atoms with Gasteiger partial charge in [-0.15, -0.1) is 0 Å². The smallest absolute Gasteiger partial charge is 0.164 e. The first-order chi connectivity index (χ1) is 26.7. The normalized spacial score (nSPS) is 11.7. The summed E-state index contributed by atoms with van der Waals surface area (Å²) in [6.45, 7) is 0. The number of nitrogens with zero attached hydrogens (tertiary/aromatic N) is 4. The first kappa shape index (κ1) is 30.3. The van der Waals surface area contributed by atoms with E-state index in [1.54, 1.807) is 6.20 Å². The van der Waals surface area contributed by atoms with Crippen molar-refractivity contribution in [2.45, 2.75) is 0 Å². The van der Waals surface area contributed by atoms with Crippen molar-refractivity contribution >= 4 is 53.9 Å². The first-order valence-electron chi connectivity index (χ1n) is 18.2. The highest BCUT2D eigenvalue weighted by Crippen LogP contribution is 2.40. The Kier molecular flexibility index (Phi) is 6.82. The zero-order valence-corrected chi connectivity index (χ0v) is 29.1. The molecule has 0 radical (unpaired) electrons. The van der Waals surface area contributed by atoms with Crippen LogP contribution in [0.2, 0.25) is 0 Å². The molecule has 9 aromatic carbocycles. The Balaban J connectivity index is 1.08. The van der Waals surface area contributed by atoms with Crippen LogP contribution in [0, 0.1) is 0 Å². The molecule has 11 aromatic rings. The number of aromatic nitrogens is 4. The van der Waals surface area contributed by atoms with Crippen molar-refractivity contribution in [1.82, 2.24) is 19.9 Å². The first-order valence-corrected chi connectivity index (χ1v) is 18.2. The number of benzene rings is 9. The molecule has 0 aliphatic rings. The molecule has 2 heterocycles. The fourth-order valence-corrected chi connectivity index (χ4v) is 8.12. The van der Waals surface area contributed by atoms with Gasteiger partial charge in [-0.2, -0.15) is 0 Å². The van der Waals surface area contributed by atoms with E-state index in [1.165, 1.54) is 54.0 Å². The maximum absolute atomic E-state index is 5.21. The molecule has 0 aliphatic carbocycles. The Morgan fingerprint density at radius 3 is 1.59 bits per heavy atom. The number of pyridine rings is 1. The van der Waals surface area contributed by atoms with Crippen LogP contribution in [0.15, 0.2) is 182 Å². The van der Waals surface area contributed by atoms with E-state index in [0.717, 1.165) is 38.8 Å². The summed E-state index contributed by atoms with van der Waals surface area (Å²) in [5.41, 5.74) is 7.34. The van der Waals surface area contributed by atoms with Crippen LogP contribution in [0.25, 0.3) is 110 Å². The lowest BCUT2D eigenvalue weighted by Crippen LogP contribution is -2.01. The minimum absolute atomic E-state index is 0.628. The van der Waals surface area contributed by atoms with Crippen molar-refractivity contribution in [2.75, 3.05) is 0 Å². The average Bonchev–Trinajstić information content (AvgIpc) is 3.25. The second-order valence-electron chi connectivity index (χ2n) is 13.9. The number of rotatable bonds is 5. The largest absolute Gasteiger partial charge is 0.264 e. The van der Waals surface area contributed by atoms with Gasteiger partial charge >= 0.3 is 0 Å². The molecule has 0 fully saturated rings. The van der Waals surface area contributed by atoms with E-state index in [4.69, 9.17) is 15.0 Å². The highest BCUT2D eigenvalue weighted by molar-refractivity contribution is 6.25. The van der Waals surface area contributed by atoms with Gasteiger partial charge in [0.15, 0.2) is 17.5 Å². The Morgan fingerprint density at radius 2 is 0.870 bits per heavy atom. The summed E-state index contributed by atoms with van der Waals surface area (Å²) in [7, 11) is 0. The molecule has 4 heteroatoms. The van der Waals surface area contributed by atoms with Gasteiger partial charge in [-0.3, -0.25) is 4.98 Å². The van der Waals surface area contributed by atoms with Gasteiger partial charge in [-0.1, -0.05) is 152 Å². The number of fused-ring (bicyclic) bond motifs is 3.